The minimum atomic E-state index is -0.357. The molecule has 0 fully saturated rings. The van der Waals surface area contributed by atoms with Crippen LogP contribution in [0.5, 0.6) is 5.75 Å². The lowest BCUT2D eigenvalue weighted by Gasteiger charge is -2.21. The van der Waals surface area contributed by atoms with Gasteiger partial charge in [0.15, 0.2) is 0 Å². The Bertz CT molecular complexity index is 782. The number of nitrogens with zero attached hydrogens (tertiary/aromatic N) is 2. The Kier molecular flexibility index (Phi) is 7.99. The van der Waals surface area contributed by atoms with Crippen molar-refractivity contribution in [2.45, 2.75) is 46.6 Å². The Labute approximate surface area is 166 Å². The fourth-order valence-electron chi connectivity index (χ4n) is 2.78. The normalized spacial score (nSPS) is 10.6. The monoisotopic (exact) mass is 383 g/mol. The maximum atomic E-state index is 12.7. The van der Waals surface area contributed by atoms with Crippen LogP contribution in [-0.4, -0.2) is 40.9 Å². The maximum absolute atomic E-state index is 12.7. The molecule has 0 atom stereocenters. The summed E-state index contributed by atoms with van der Waals surface area (Å²) in [6, 6.07) is 12.1. The largest absolute Gasteiger partial charge is 0.491 e. The van der Waals surface area contributed by atoms with Gasteiger partial charge in [-0.3, -0.25) is 9.59 Å². The SMILES string of the molecule is CCCN(CCC)C(=O)c1cccc(C(=O)Nc2ccc(OC(C)C)cc2)n1. The van der Waals surface area contributed by atoms with E-state index in [0.717, 1.165) is 18.6 Å². The minimum absolute atomic E-state index is 0.0879. The molecule has 0 radical (unpaired) electrons. The summed E-state index contributed by atoms with van der Waals surface area (Å²) in [5.41, 5.74) is 1.13. The summed E-state index contributed by atoms with van der Waals surface area (Å²) >= 11 is 0. The van der Waals surface area contributed by atoms with Gasteiger partial charge < -0.3 is 15.0 Å². The van der Waals surface area contributed by atoms with Crippen LogP contribution < -0.4 is 10.1 Å². The molecule has 0 unspecified atom stereocenters. The summed E-state index contributed by atoms with van der Waals surface area (Å²) in [6.07, 6.45) is 1.84. The lowest BCUT2D eigenvalue weighted by molar-refractivity contribution is 0.0749. The van der Waals surface area contributed by atoms with Gasteiger partial charge >= 0.3 is 0 Å². The summed E-state index contributed by atoms with van der Waals surface area (Å²) < 4.78 is 5.60. The molecular formula is C22H29N3O3. The molecule has 6 nitrogen and oxygen atoms in total. The highest BCUT2D eigenvalue weighted by Crippen LogP contribution is 2.17. The number of anilines is 1. The number of rotatable bonds is 9. The summed E-state index contributed by atoms with van der Waals surface area (Å²) in [5, 5.41) is 2.80. The molecule has 28 heavy (non-hydrogen) atoms. The van der Waals surface area contributed by atoms with Crippen LogP contribution in [0.15, 0.2) is 42.5 Å². The molecule has 0 aliphatic heterocycles. The van der Waals surface area contributed by atoms with Crippen LogP contribution in [0.4, 0.5) is 5.69 Å². The first-order chi connectivity index (χ1) is 13.4. The van der Waals surface area contributed by atoms with Gasteiger partial charge in [-0.15, -0.1) is 0 Å². The van der Waals surface area contributed by atoms with Gasteiger partial charge in [-0.1, -0.05) is 19.9 Å². The molecule has 0 spiro atoms. The second kappa shape index (κ2) is 10.4. The summed E-state index contributed by atoms with van der Waals surface area (Å²) in [4.78, 5) is 31.3. The van der Waals surface area contributed by atoms with E-state index in [2.05, 4.69) is 10.3 Å². The topological polar surface area (TPSA) is 71.5 Å². The van der Waals surface area contributed by atoms with Crippen molar-refractivity contribution in [3.05, 3.63) is 53.9 Å². The Hall–Kier alpha value is -2.89. The van der Waals surface area contributed by atoms with Crippen LogP contribution in [0.1, 0.15) is 61.5 Å². The molecule has 0 bridgehead atoms. The number of aromatic nitrogens is 1. The zero-order valence-electron chi connectivity index (χ0n) is 17.1. The van der Waals surface area contributed by atoms with Crippen LogP contribution in [-0.2, 0) is 0 Å². The van der Waals surface area contributed by atoms with Gasteiger partial charge in [-0.2, -0.15) is 0 Å². The summed E-state index contributed by atoms with van der Waals surface area (Å²) in [5.74, 6) is 0.240. The van der Waals surface area contributed by atoms with Crippen molar-refractivity contribution in [1.82, 2.24) is 9.88 Å². The highest BCUT2D eigenvalue weighted by Gasteiger charge is 2.17. The van der Waals surface area contributed by atoms with Crippen molar-refractivity contribution in [2.24, 2.45) is 0 Å². The van der Waals surface area contributed by atoms with Gasteiger partial charge in [0.25, 0.3) is 11.8 Å². The van der Waals surface area contributed by atoms with E-state index in [1.54, 1.807) is 47.4 Å². The van der Waals surface area contributed by atoms with Gasteiger partial charge in [0.1, 0.15) is 17.1 Å². The first-order valence-corrected chi connectivity index (χ1v) is 9.79. The first-order valence-electron chi connectivity index (χ1n) is 9.79. The van der Waals surface area contributed by atoms with Gasteiger partial charge in [-0.05, 0) is 63.1 Å². The number of hydrogen-bond acceptors (Lipinski definition) is 4. The van der Waals surface area contributed by atoms with Gasteiger partial charge in [0.05, 0.1) is 6.10 Å². The predicted octanol–water partition coefficient (Wildman–Crippen LogP) is 4.38. The fraction of sp³-hybridized carbons (Fsp3) is 0.409. The standard InChI is InChI=1S/C22H29N3O3/c1-5-14-25(15-6-2)22(27)20-9-7-8-19(24-20)21(26)23-17-10-12-18(13-11-17)28-16(3)4/h7-13,16H,5-6,14-15H2,1-4H3,(H,23,26). The lowest BCUT2D eigenvalue weighted by atomic mass is 10.2. The molecule has 1 N–H and O–H groups in total. The number of pyridine rings is 1. The van der Waals surface area contributed by atoms with E-state index in [-0.39, 0.29) is 29.3 Å². The van der Waals surface area contributed by atoms with Gasteiger partial charge in [-0.25, -0.2) is 4.98 Å². The van der Waals surface area contributed by atoms with E-state index in [9.17, 15) is 9.59 Å². The molecule has 0 aliphatic rings. The zero-order valence-corrected chi connectivity index (χ0v) is 17.1. The van der Waals surface area contributed by atoms with Crippen LogP contribution >= 0.6 is 0 Å². The number of amides is 2. The molecule has 0 aliphatic carbocycles. The van der Waals surface area contributed by atoms with Crippen LogP contribution in [0, 0.1) is 0 Å². The smallest absolute Gasteiger partial charge is 0.274 e. The van der Waals surface area contributed by atoms with Crippen molar-refractivity contribution < 1.29 is 14.3 Å². The Balaban J connectivity index is 2.10. The van der Waals surface area contributed by atoms with Crippen LogP contribution in [0.2, 0.25) is 0 Å². The number of hydrogen-bond donors (Lipinski definition) is 1. The third kappa shape index (κ3) is 6.08. The molecule has 1 heterocycles. The average molecular weight is 383 g/mol. The van der Waals surface area contributed by atoms with Crippen molar-refractivity contribution in [3.8, 4) is 5.75 Å². The summed E-state index contributed by atoms with van der Waals surface area (Å²) in [6.45, 7) is 9.33. The minimum Gasteiger partial charge on any atom is -0.491 e. The molecule has 2 aromatic rings. The first kappa shape index (κ1) is 21.4. The number of carbonyl (C=O) groups excluding carboxylic acids is 2. The molecular weight excluding hydrogens is 354 g/mol. The highest BCUT2D eigenvalue weighted by atomic mass is 16.5. The van der Waals surface area contributed by atoms with Crippen molar-refractivity contribution in [1.29, 1.82) is 0 Å². The lowest BCUT2D eigenvalue weighted by Crippen LogP contribution is -2.33. The van der Waals surface area contributed by atoms with Gasteiger partial charge in [0.2, 0.25) is 0 Å². The van der Waals surface area contributed by atoms with E-state index in [0.29, 0.717) is 18.8 Å². The zero-order chi connectivity index (χ0) is 20.5. The van der Waals surface area contributed by atoms with Crippen LogP contribution in [0.25, 0.3) is 0 Å². The molecule has 6 heteroatoms. The molecule has 2 rings (SSSR count). The third-order valence-corrected chi connectivity index (χ3v) is 3.96. The Morgan fingerprint density at radius 3 is 2.18 bits per heavy atom. The number of ether oxygens (including phenoxy) is 1. The van der Waals surface area contributed by atoms with Gasteiger partial charge in [0, 0.05) is 18.8 Å². The molecule has 1 aromatic carbocycles. The van der Waals surface area contributed by atoms with Crippen molar-refractivity contribution in [3.63, 3.8) is 0 Å². The molecule has 1 aromatic heterocycles. The number of carbonyl (C=O) groups is 2. The highest BCUT2D eigenvalue weighted by molar-refractivity contribution is 6.03. The molecule has 2 amide bonds. The second-order valence-electron chi connectivity index (χ2n) is 6.85. The van der Waals surface area contributed by atoms with Crippen molar-refractivity contribution in [2.75, 3.05) is 18.4 Å². The fourth-order valence-corrected chi connectivity index (χ4v) is 2.78. The Morgan fingerprint density at radius 2 is 1.61 bits per heavy atom. The van der Waals surface area contributed by atoms with E-state index < -0.39 is 0 Å². The van der Waals surface area contributed by atoms with Crippen LogP contribution in [0.3, 0.4) is 0 Å². The quantitative estimate of drug-likeness (QED) is 0.697. The third-order valence-electron chi connectivity index (χ3n) is 3.96. The maximum Gasteiger partial charge on any atom is 0.274 e. The predicted molar refractivity (Wildman–Crippen MR) is 111 cm³/mol. The second-order valence-corrected chi connectivity index (χ2v) is 6.85. The Morgan fingerprint density at radius 1 is 1.00 bits per heavy atom. The molecule has 150 valence electrons. The average Bonchev–Trinajstić information content (AvgIpc) is 2.68. The summed E-state index contributed by atoms with van der Waals surface area (Å²) in [7, 11) is 0. The molecule has 0 saturated carbocycles. The number of benzene rings is 1. The van der Waals surface area contributed by atoms with E-state index in [4.69, 9.17) is 4.74 Å². The van der Waals surface area contributed by atoms with E-state index >= 15 is 0 Å². The van der Waals surface area contributed by atoms with Crippen molar-refractivity contribution >= 4 is 17.5 Å². The number of nitrogens with one attached hydrogen (secondary N) is 1. The van der Waals surface area contributed by atoms with E-state index in [1.807, 2.05) is 27.7 Å². The molecule has 0 saturated heterocycles. The van der Waals surface area contributed by atoms with E-state index in [1.165, 1.54) is 0 Å².